The Labute approximate surface area is 131 Å². The van der Waals surface area contributed by atoms with Gasteiger partial charge in [-0.25, -0.2) is 0 Å². The Morgan fingerprint density at radius 2 is 1.62 bits per heavy atom. The number of rotatable bonds is 3. The van der Waals surface area contributed by atoms with Gasteiger partial charge in [0.2, 0.25) is 0 Å². The molecule has 0 atom stereocenters. The molecule has 21 heavy (non-hydrogen) atoms. The van der Waals surface area contributed by atoms with Crippen molar-refractivity contribution in [1.29, 1.82) is 0 Å². The Bertz CT molecular complexity index is 687. The van der Waals surface area contributed by atoms with Gasteiger partial charge in [-0.15, -0.1) is 0 Å². The van der Waals surface area contributed by atoms with Gasteiger partial charge in [0.25, 0.3) is 0 Å². The molecule has 0 saturated heterocycles. The van der Waals surface area contributed by atoms with Crippen LogP contribution in [0.2, 0.25) is 0 Å². The maximum Gasteiger partial charge on any atom is 0.107 e. The first kappa shape index (κ1) is 15.4. The molecule has 0 saturated carbocycles. The minimum absolute atomic E-state index is 0.381. The summed E-state index contributed by atoms with van der Waals surface area (Å²) in [5.41, 5.74) is 13.2. The lowest BCUT2D eigenvalue weighted by Crippen LogP contribution is -2.20. The highest BCUT2D eigenvalue weighted by atomic mass is 32.1. The van der Waals surface area contributed by atoms with Gasteiger partial charge < -0.3 is 10.6 Å². The van der Waals surface area contributed by atoms with Crippen molar-refractivity contribution in [3.8, 4) is 0 Å². The Morgan fingerprint density at radius 3 is 2.14 bits per heavy atom. The summed E-state index contributed by atoms with van der Waals surface area (Å²) in [6.07, 6.45) is 0. The van der Waals surface area contributed by atoms with Crippen LogP contribution in [-0.4, -0.2) is 17.0 Å². The maximum atomic E-state index is 5.91. The summed E-state index contributed by atoms with van der Waals surface area (Å²) < 4.78 is 0. The number of aryl methyl sites for hydroxylation is 4. The fourth-order valence-electron chi connectivity index (χ4n) is 2.66. The zero-order valence-corrected chi connectivity index (χ0v) is 14.0. The topological polar surface area (TPSA) is 42.2 Å². The molecule has 3 nitrogen and oxygen atoms in total. The molecule has 1 aromatic heterocycles. The minimum Gasteiger partial charge on any atom is -0.389 e. The van der Waals surface area contributed by atoms with E-state index >= 15 is 0 Å². The Kier molecular flexibility index (Phi) is 4.28. The van der Waals surface area contributed by atoms with Crippen molar-refractivity contribution in [1.82, 2.24) is 4.98 Å². The first-order chi connectivity index (χ1) is 9.79. The van der Waals surface area contributed by atoms with Crippen molar-refractivity contribution >= 4 is 28.6 Å². The van der Waals surface area contributed by atoms with Crippen molar-refractivity contribution in [2.75, 3.05) is 11.9 Å². The van der Waals surface area contributed by atoms with E-state index in [1.165, 1.54) is 11.1 Å². The van der Waals surface area contributed by atoms with Crippen molar-refractivity contribution < 1.29 is 0 Å². The third-order valence-electron chi connectivity index (χ3n) is 3.51. The van der Waals surface area contributed by atoms with Crippen LogP contribution in [0.15, 0.2) is 24.3 Å². The highest BCUT2D eigenvalue weighted by Gasteiger charge is 2.16. The normalized spacial score (nSPS) is 10.5. The predicted octanol–water partition coefficient (Wildman–Crippen LogP) is 3.72. The van der Waals surface area contributed by atoms with E-state index in [9.17, 15) is 0 Å². The second-order valence-corrected chi connectivity index (χ2v) is 5.95. The number of nitrogens with two attached hydrogens (primary N) is 1. The minimum atomic E-state index is 0.381. The number of nitrogens with zero attached hydrogens (tertiary/aromatic N) is 2. The van der Waals surface area contributed by atoms with E-state index in [1.54, 1.807) is 0 Å². The zero-order valence-electron chi connectivity index (χ0n) is 13.2. The molecule has 0 radical (unpaired) electrons. The van der Waals surface area contributed by atoms with Crippen molar-refractivity contribution in [3.05, 3.63) is 52.3 Å². The molecule has 0 aliphatic carbocycles. The van der Waals surface area contributed by atoms with Crippen LogP contribution < -0.4 is 10.6 Å². The van der Waals surface area contributed by atoms with Crippen LogP contribution in [0.3, 0.4) is 0 Å². The number of aromatic nitrogens is 1. The summed E-state index contributed by atoms with van der Waals surface area (Å²) in [7, 11) is 2.03. The van der Waals surface area contributed by atoms with Crippen LogP contribution in [0.1, 0.15) is 28.1 Å². The van der Waals surface area contributed by atoms with E-state index in [4.69, 9.17) is 18.0 Å². The average Bonchev–Trinajstić information content (AvgIpc) is 2.35. The highest BCUT2D eigenvalue weighted by molar-refractivity contribution is 7.80. The molecule has 110 valence electrons. The Morgan fingerprint density at radius 1 is 1.05 bits per heavy atom. The van der Waals surface area contributed by atoms with Gasteiger partial charge in [-0.3, -0.25) is 4.98 Å². The molecule has 0 unspecified atom stereocenters. The van der Waals surface area contributed by atoms with Crippen LogP contribution in [0.25, 0.3) is 0 Å². The second kappa shape index (κ2) is 5.82. The number of hydrogen-bond donors (Lipinski definition) is 1. The molecule has 2 aromatic rings. The molecule has 0 aliphatic rings. The van der Waals surface area contributed by atoms with Gasteiger partial charge in [-0.1, -0.05) is 18.3 Å². The number of hydrogen-bond acceptors (Lipinski definition) is 3. The molecule has 2 rings (SSSR count). The van der Waals surface area contributed by atoms with Gasteiger partial charge in [0.1, 0.15) is 4.99 Å². The van der Waals surface area contributed by atoms with E-state index < -0.39 is 0 Å². The van der Waals surface area contributed by atoms with E-state index in [1.807, 2.05) is 27.0 Å². The molecule has 1 heterocycles. The molecular weight excluding hydrogens is 278 g/mol. The zero-order chi connectivity index (χ0) is 15.7. The Balaban J connectivity index is 2.62. The van der Waals surface area contributed by atoms with Gasteiger partial charge in [0.05, 0.1) is 11.3 Å². The number of thiocarbonyl (C=S) groups is 1. The van der Waals surface area contributed by atoms with Gasteiger partial charge >= 0.3 is 0 Å². The van der Waals surface area contributed by atoms with Crippen LogP contribution in [0.5, 0.6) is 0 Å². The first-order valence-corrected chi connectivity index (χ1v) is 7.30. The maximum absolute atomic E-state index is 5.91. The molecule has 0 amide bonds. The number of pyridine rings is 1. The summed E-state index contributed by atoms with van der Waals surface area (Å²) in [6.45, 7) is 8.12. The van der Waals surface area contributed by atoms with Crippen LogP contribution in [-0.2, 0) is 0 Å². The second-order valence-electron chi connectivity index (χ2n) is 5.51. The average molecular weight is 299 g/mol. The molecule has 4 heteroatoms. The molecule has 0 fully saturated rings. The summed E-state index contributed by atoms with van der Waals surface area (Å²) in [5, 5.41) is 0. The van der Waals surface area contributed by atoms with Crippen molar-refractivity contribution in [2.24, 2.45) is 5.73 Å². The van der Waals surface area contributed by atoms with Crippen LogP contribution in [0.4, 0.5) is 11.4 Å². The third kappa shape index (κ3) is 3.22. The SMILES string of the molecule is Cc1cc(C)cc(N(C)c2cc(C)nc(C)c2C(N)=S)c1. The van der Waals surface area contributed by atoms with Gasteiger partial charge in [0, 0.05) is 24.1 Å². The Hall–Kier alpha value is -1.94. The quantitative estimate of drug-likeness (QED) is 0.877. The molecule has 2 N–H and O–H groups in total. The van der Waals surface area contributed by atoms with E-state index in [0.717, 1.165) is 28.3 Å². The molecule has 0 spiro atoms. The van der Waals surface area contributed by atoms with Crippen LogP contribution >= 0.6 is 12.2 Å². The predicted molar refractivity (Wildman–Crippen MR) is 93.6 cm³/mol. The summed E-state index contributed by atoms with van der Waals surface area (Å²) in [4.78, 5) is 6.97. The lowest BCUT2D eigenvalue weighted by Gasteiger charge is -2.24. The highest BCUT2D eigenvalue weighted by Crippen LogP contribution is 2.30. The lowest BCUT2D eigenvalue weighted by atomic mass is 10.1. The van der Waals surface area contributed by atoms with Crippen molar-refractivity contribution in [2.45, 2.75) is 27.7 Å². The van der Waals surface area contributed by atoms with Gasteiger partial charge in [-0.2, -0.15) is 0 Å². The van der Waals surface area contributed by atoms with Gasteiger partial charge in [0.15, 0.2) is 0 Å². The fourth-order valence-corrected chi connectivity index (χ4v) is 2.91. The lowest BCUT2D eigenvalue weighted by molar-refractivity contribution is 1.08. The summed E-state index contributed by atoms with van der Waals surface area (Å²) in [6, 6.07) is 8.50. The summed E-state index contributed by atoms with van der Waals surface area (Å²) >= 11 is 5.21. The monoisotopic (exact) mass is 299 g/mol. The van der Waals surface area contributed by atoms with E-state index in [-0.39, 0.29) is 0 Å². The molecule has 0 bridgehead atoms. The summed E-state index contributed by atoms with van der Waals surface area (Å²) in [5.74, 6) is 0. The standard InChI is InChI=1S/C17H21N3S/c1-10-6-11(2)8-14(7-10)20(5)15-9-12(3)19-13(4)16(15)17(18)21/h6-9H,1-5H3,(H2,18,21). The fraction of sp³-hybridized carbons (Fsp3) is 0.294. The number of benzene rings is 1. The molecule has 0 aliphatic heterocycles. The van der Waals surface area contributed by atoms with Crippen LogP contribution in [0, 0.1) is 27.7 Å². The van der Waals surface area contributed by atoms with Crippen molar-refractivity contribution in [3.63, 3.8) is 0 Å². The van der Waals surface area contributed by atoms with Gasteiger partial charge in [-0.05, 0) is 57.0 Å². The molecular formula is C17H21N3S. The molecule has 1 aromatic carbocycles. The number of anilines is 2. The smallest absolute Gasteiger partial charge is 0.107 e. The first-order valence-electron chi connectivity index (χ1n) is 6.89. The van der Waals surface area contributed by atoms with E-state index in [2.05, 4.69) is 41.9 Å². The third-order valence-corrected chi connectivity index (χ3v) is 3.71. The largest absolute Gasteiger partial charge is 0.389 e. The van der Waals surface area contributed by atoms with E-state index in [0.29, 0.717) is 4.99 Å².